The molecule has 0 aliphatic heterocycles. The third-order valence-corrected chi connectivity index (χ3v) is 3.77. The summed E-state index contributed by atoms with van der Waals surface area (Å²) in [5.41, 5.74) is 0.888. The van der Waals surface area contributed by atoms with E-state index < -0.39 is 0 Å². The molecule has 0 saturated heterocycles. The van der Waals surface area contributed by atoms with Gasteiger partial charge in [-0.25, -0.2) is 4.98 Å². The van der Waals surface area contributed by atoms with Gasteiger partial charge in [-0.1, -0.05) is 26.7 Å². The standard InChI is InChI=1S/C15H24N2O2/c1-4-19-14(10(2)3)15-16-12(9-13(18)17-15)11-7-5-6-8-11/h9-11,14H,4-8H2,1-3H3,(H,16,17,18). The third-order valence-electron chi connectivity index (χ3n) is 3.77. The second-order valence-corrected chi connectivity index (χ2v) is 5.66. The van der Waals surface area contributed by atoms with Gasteiger partial charge in [-0.2, -0.15) is 0 Å². The molecule has 106 valence electrons. The number of ether oxygens (including phenoxy) is 1. The Balaban J connectivity index is 2.31. The number of H-pyrrole nitrogens is 1. The van der Waals surface area contributed by atoms with Crippen LogP contribution < -0.4 is 5.56 Å². The lowest BCUT2D eigenvalue weighted by Gasteiger charge is -2.21. The number of nitrogens with zero attached hydrogens (tertiary/aromatic N) is 1. The van der Waals surface area contributed by atoms with Gasteiger partial charge in [-0.3, -0.25) is 4.79 Å². The molecule has 1 aromatic rings. The van der Waals surface area contributed by atoms with E-state index in [1.165, 1.54) is 12.8 Å². The molecule has 4 nitrogen and oxygen atoms in total. The van der Waals surface area contributed by atoms with Crippen molar-refractivity contribution in [3.8, 4) is 0 Å². The van der Waals surface area contributed by atoms with Crippen molar-refractivity contribution in [2.75, 3.05) is 6.61 Å². The summed E-state index contributed by atoms with van der Waals surface area (Å²) in [5.74, 6) is 1.43. The van der Waals surface area contributed by atoms with Crippen molar-refractivity contribution in [3.63, 3.8) is 0 Å². The van der Waals surface area contributed by atoms with Gasteiger partial charge < -0.3 is 9.72 Å². The van der Waals surface area contributed by atoms with Crippen molar-refractivity contribution < 1.29 is 4.74 Å². The maximum Gasteiger partial charge on any atom is 0.251 e. The summed E-state index contributed by atoms with van der Waals surface area (Å²) < 4.78 is 5.73. The van der Waals surface area contributed by atoms with E-state index in [9.17, 15) is 4.79 Å². The summed E-state index contributed by atoms with van der Waals surface area (Å²) in [5, 5.41) is 0. The first kappa shape index (κ1) is 14.3. The number of nitrogens with one attached hydrogen (secondary N) is 1. The summed E-state index contributed by atoms with van der Waals surface area (Å²) in [7, 11) is 0. The number of hydrogen-bond donors (Lipinski definition) is 1. The molecular weight excluding hydrogens is 240 g/mol. The van der Waals surface area contributed by atoms with Crippen molar-refractivity contribution in [2.24, 2.45) is 5.92 Å². The maximum atomic E-state index is 11.8. The second kappa shape index (κ2) is 6.33. The van der Waals surface area contributed by atoms with E-state index in [-0.39, 0.29) is 11.7 Å². The summed E-state index contributed by atoms with van der Waals surface area (Å²) in [6, 6.07) is 1.66. The molecule has 0 radical (unpaired) electrons. The molecule has 1 saturated carbocycles. The molecule has 1 atom stereocenters. The predicted molar refractivity (Wildman–Crippen MR) is 75.3 cm³/mol. The van der Waals surface area contributed by atoms with Gasteiger partial charge >= 0.3 is 0 Å². The van der Waals surface area contributed by atoms with Crippen molar-refractivity contribution in [3.05, 3.63) is 27.9 Å². The Bertz CT molecular complexity index is 461. The van der Waals surface area contributed by atoms with Gasteiger partial charge in [0.05, 0.1) is 5.69 Å². The summed E-state index contributed by atoms with van der Waals surface area (Å²) >= 11 is 0. The van der Waals surface area contributed by atoms with Gasteiger partial charge in [0.1, 0.15) is 11.9 Å². The first-order valence-corrected chi connectivity index (χ1v) is 7.34. The summed E-state index contributed by atoms with van der Waals surface area (Å²) in [4.78, 5) is 19.4. The molecule has 1 aromatic heterocycles. The molecular formula is C15H24N2O2. The van der Waals surface area contributed by atoms with E-state index in [0.717, 1.165) is 18.5 Å². The molecule has 1 N–H and O–H groups in total. The van der Waals surface area contributed by atoms with Crippen molar-refractivity contribution >= 4 is 0 Å². The predicted octanol–water partition coefficient (Wildman–Crippen LogP) is 3.16. The highest BCUT2D eigenvalue weighted by Crippen LogP contribution is 2.33. The molecule has 1 fully saturated rings. The Labute approximate surface area is 114 Å². The van der Waals surface area contributed by atoms with Crippen LogP contribution in [0.3, 0.4) is 0 Å². The van der Waals surface area contributed by atoms with Gasteiger partial charge in [-0.15, -0.1) is 0 Å². The fourth-order valence-corrected chi connectivity index (χ4v) is 2.83. The Hall–Kier alpha value is -1.16. The first-order valence-electron chi connectivity index (χ1n) is 7.34. The van der Waals surface area contributed by atoms with Crippen LogP contribution in [0.25, 0.3) is 0 Å². The third kappa shape index (κ3) is 3.44. The Morgan fingerprint density at radius 1 is 1.42 bits per heavy atom. The van der Waals surface area contributed by atoms with Gasteiger partial charge in [0.25, 0.3) is 5.56 Å². The van der Waals surface area contributed by atoms with Crippen LogP contribution in [0.2, 0.25) is 0 Å². The van der Waals surface area contributed by atoms with Crippen LogP contribution in [-0.4, -0.2) is 16.6 Å². The minimum atomic E-state index is -0.126. The molecule has 1 heterocycles. The molecule has 0 aromatic carbocycles. The minimum Gasteiger partial charge on any atom is -0.370 e. The van der Waals surface area contributed by atoms with Gasteiger partial charge in [-0.05, 0) is 25.7 Å². The highest BCUT2D eigenvalue weighted by molar-refractivity contribution is 5.11. The van der Waals surface area contributed by atoms with Crippen molar-refractivity contribution in [1.29, 1.82) is 0 Å². The molecule has 0 bridgehead atoms. The largest absolute Gasteiger partial charge is 0.370 e. The fraction of sp³-hybridized carbons (Fsp3) is 0.733. The van der Waals surface area contributed by atoms with Crippen molar-refractivity contribution in [2.45, 2.75) is 58.5 Å². The number of aromatic nitrogens is 2. The second-order valence-electron chi connectivity index (χ2n) is 5.66. The maximum absolute atomic E-state index is 11.8. The molecule has 1 unspecified atom stereocenters. The van der Waals surface area contributed by atoms with Crippen LogP contribution >= 0.6 is 0 Å². The van der Waals surface area contributed by atoms with Gasteiger partial charge in [0, 0.05) is 18.6 Å². The van der Waals surface area contributed by atoms with E-state index in [4.69, 9.17) is 4.74 Å². The lowest BCUT2D eigenvalue weighted by Crippen LogP contribution is -2.21. The average molecular weight is 264 g/mol. The average Bonchev–Trinajstić information content (AvgIpc) is 2.88. The zero-order valence-corrected chi connectivity index (χ0v) is 12.1. The number of aromatic amines is 1. The van der Waals surface area contributed by atoms with Crippen LogP contribution in [-0.2, 0) is 4.74 Å². The Kier molecular flexibility index (Phi) is 4.75. The SMILES string of the molecule is CCOC(c1nc(C2CCCC2)cc(=O)[nH]1)C(C)C. The Morgan fingerprint density at radius 2 is 2.11 bits per heavy atom. The summed E-state index contributed by atoms with van der Waals surface area (Å²) in [6.45, 7) is 6.76. The zero-order chi connectivity index (χ0) is 13.8. The normalized spacial score (nSPS) is 18.1. The molecule has 0 spiro atoms. The van der Waals surface area contributed by atoms with E-state index in [2.05, 4.69) is 23.8 Å². The first-order chi connectivity index (χ1) is 9.11. The monoisotopic (exact) mass is 264 g/mol. The van der Waals surface area contributed by atoms with Crippen LogP contribution in [0.4, 0.5) is 0 Å². The Morgan fingerprint density at radius 3 is 2.68 bits per heavy atom. The lowest BCUT2D eigenvalue weighted by molar-refractivity contribution is 0.0228. The zero-order valence-electron chi connectivity index (χ0n) is 12.1. The highest BCUT2D eigenvalue weighted by Gasteiger charge is 2.23. The molecule has 2 rings (SSSR count). The van der Waals surface area contributed by atoms with Crippen LogP contribution in [0.5, 0.6) is 0 Å². The molecule has 0 amide bonds. The number of rotatable bonds is 5. The molecule has 19 heavy (non-hydrogen) atoms. The van der Waals surface area contributed by atoms with Crippen LogP contribution in [0.15, 0.2) is 10.9 Å². The van der Waals surface area contributed by atoms with E-state index in [1.54, 1.807) is 6.07 Å². The smallest absolute Gasteiger partial charge is 0.251 e. The minimum absolute atomic E-state index is 0.0581. The molecule has 4 heteroatoms. The number of hydrogen-bond acceptors (Lipinski definition) is 3. The van der Waals surface area contributed by atoms with E-state index >= 15 is 0 Å². The van der Waals surface area contributed by atoms with Gasteiger partial charge in [0.15, 0.2) is 0 Å². The van der Waals surface area contributed by atoms with Crippen molar-refractivity contribution in [1.82, 2.24) is 9.97 Å². The highest BCUT2D eigenvalue weighted by atomic mass is 16.5. The topological polar surface area (TPSA) is 55.0 Å². The van der Waals surface area contributed by atoms with Gasteiger partial charge in [0.2, 0.25) is 0 Å². The molecule has 1 aliphatic carbocycles. The van der Waals surface area contributed by atoms with Crippen LogP contribution in [0.1, 0.15) is 70.0 Å². The quantitative estimate of drug-likeness (QED) is 0.888. The fourth-order valence-electron chi connectivity index (χ4n) is 2.83. The van der Waals surface area contributed by atoms with E-state index in [1.807, 2.05) is 6.92 Å². The lowest BCUT2D eigenvalue weighted by atomic mass is 10.0. The molecule has 1 aliphatic rings. The van der Waals surface area contributed by atoms with E-state index in [0.29, 0.717) is 24.3 Å². The summed E-state index contributed by atoms with van der Waals surface area (Å²) in [6.07, 6.45) is 4.66. The van der Waals surface area contributed by atoms with Crippen LogP contribution in [0, 0.1) is 5.92 Å².